The van der Waals surface area contributed by atoms with Crippen LogP contribution in [0.3, 0.4) is 0 Å². The largest absolute Gasteiger partial charge is 0.481 e. The topological polar surface area (TPSA) is 74.7 Å². The van der Waals surface area contributed by atoms with E-state index in [1.807, 2.05) is 0 Å². The number of aliphatic carboxylic acids is 1. The average Bonchev–Trinajstić information content (AvgIpc) is 2.75. The summed E-state index contributed by atoms with van der Waals surface area (Å²) in [5, 5.41) is 8.74. The molecule has 1 heterocycles. The maximum Gasteiger partial charge on any atom is 0.308 e. The lowest BCUT2D eigenvalue weighted by Crippen LogP contribution is -2.38. The molecule has 5 nitrogen and oxygen atoms in total. The molecule has 2 unspecified atom stereocenters. The minimum atomic E-state index is -4.10. The van der Waals surface area contributed by atoms with Gasteiger partial charge < -0.3 is 5.11 Å². The van der Waals surface area contributed by atoms with Gasteiger partial charge in [0.1, 0.15) is 4.90 Å². The summed E-state index contributed by atoms with van der Waals surface area (Å²) >= 11 is 5.59. The predicted octanol–water partition coefficient (Wildman–Crippen LogP) is 1.96. The Morgan fingerprint density at radius 3 is 2.70 bits per heavy atom. The molecule has 1 aromatic carbocycles. The van der Waals surface area contributed by atoms with Crippen molar-refractivity contribution in [1.82, 2.24) is 4.31 Å². The zero-order chi connectivity index (χ0) is 15.1. The fourth-order valence-electron chi connectivity index (χ4n) is 2.39. The maximum absolute atomic E-state index is 13.9. The fourth-order valence-corrected chi connectivity index (χ4v) is 4.39. The van der Waals surface area contributed by atoms with Gasteiger partial charge >= 0.3 is 5.97 Å². The highest BCUT2D eigenvalue weighted by Crippen LogP contribution is 2.32. The van der Waals surface area contributed by atoms with E-state index in [9.17, 15) is 17.6 Å². The molecule has 2 rings (SSSR count). The molecular weight excluding hydrogens is 309 g/mol. The van der Waals surface area contributed by atoms with Crippen LogP contribution in [-0.2, 0) is 14.8 Å². The second kappa shape index (κ2) is 5.31. The number of benzene rings is 1. The van der Waals surface area contributed by atoms with Crippen molar-refractivity contribution in [2.75, 3.05) is 6.54 Å². The van der Waals surface area contributed by atoms with Crippen LogP contribution in [0.2, 0.25) is 5.02 Å². The lowest BCUT2D eigenvalue weighted by atomic mass is 10.0. The standard InChI is InChI=1S/C12H13ClFNO4S/c1-7-8(12(16)17)5-6-15(7)20(18,19)10-4-2-3-9(13)11(10)14/h2-4,7-8H,5-6H2,1H3,(H,16,17). The molecule has 1 N–H and O–H groups in total. The van der Waals surface area contributed by atoms with Gasteiger partial charge in [-0.2, -0.15) is 4.31 Å². The van der Waals surface area contributed by atoms with Crippen LogP contribution in [0.4, 0.5) is 4.39 Å². The number of halogens is 2. The zero-order valence-electron chi connectivity index (χ0n) is 10.6. The number of hydrogen-bond acceptors (Lipinski definition) is 3. The molecule has 20 heavy (non-hydrogen) atoms. The zero-order valence-corrected chi connectivity index (χ0v) is 12.2. The van der Waals surface area contributed by atoms with Crippen molar-refractivity contribution in [2.45, 2.75) is 24.3 Å². The van der Waals surface area contributed by atoms with Crippen LogP contribution in [0.5, 0.6) is 0 Å². The summed E-state index contributed by atoms with van der Waals surface area (Å²) in [6, 6.07) is 2.99. The van der Waals surface area contributed by atoms with Crippen LogP contribution in [0.15, 0.2) is 23.1 Å². The number of carboxylic acid groups (broad SMARTS) is 1. The van der Waals surface area contributed by atoms with Crippen molar-refractivity contribution in [3.8, 4) is 0 Å². The molecule has 1 aliphatic rings. The number of nitrogens with zero attached hydrogens (tertiary/aromatic N) is 1. The van der Waals surface area contributed by atoms with Crippen molar-refractivity contribution in [2.24, 2.45) is 5.92 Å². The Morgan fingerprint density at radius 2 is 2.15 bits per heavy atom. The first-order valence-corrected chi connectivity index (χ1v) is 7.77. The first-order valence-electron chi connectivity index (χ1n) is 5.95. The lowest BCUT2D eigenvalue weighted by molar-refractivity contribution is -0.142. The van der Waals surface area contributed by atoms with Crippen molar-refractivity contribution in [1.29, 1.82) is 0 Å². The molecule has 0 amide bonds. The molecule has 2 atom stereocenters. The van der Waals surface area contributed by atoms with Gasteiger partial charge in [-0.1, -0.05) is 17.7 Å². The molecular formula is C12H13ClFNO4S. The average molecular weight is 322 g/mol. The highest BCUT2D eigenvalue weighted by molar-refractivity contribution is 7.89. The maximum atomic E-state index is 13.9. The van der Waals surface area contributed by atoms with Crippen LogP contribution >= 0.6 is 11.6 Å². The number of carbonyl (C=O) groups is 1. The summed E-state index contributed by atoms with van der Waals surface area (Å²) in [6.07, 6.45) is 0.206. The third-order valence-corrected chi connectivity index (χ3v) is 5.81. The highest BCUT2D eigenvalue weighted by atomic mass is 35.5. The monoisotopic (exact) mass is 321 g/mol. The fraction of sp³-hybridized carbons (Fsp3) is 0.417. The van der Waals surface area contributed by atoms with Crippen LogP contribution in [0.1, 0.15) is 13.3 Å². The Bertz CT molecular complexity index is 649. The number of sulfonamides is 1. The van der Waals surface area contributed by atoms with Crippen LogP contribution < -0.4 is 0 Å². The normalized spacial score (nSPS) is 23.9. The molecule has 0 aliphatic carbocycles. The van der Waals surface area contributed by atoms with E-state index in [-0.39, 0.29) is 18.0 Å². The minimum Gasteiger partial charge on any atom is -0.481 e. The van der Waals surface area contributed by atoms with Gasteiger partial charge in [-0.3, -0.25) is 4.79 Å². The second-order valence-electron chi connectivity index (χ2n) is 4.64. The van der Waals surface area contributed by atoms with Crippen molar-refractivity contribution < 1.29 is 22.7 Å². The van der Waals surface area contributed by atoms with Crippen molar-refractivity contribution in [3.63, 3.8) is 0 Å². The quantitative estimate of drug-likeness (QED) is 0.923. The Balaban J connectivity index is 2.42. The van der Waals surface area contributed by atoms with E-state index in [0.29, 0.717) is 0 Å². The van der Waals surface area contributed by atoms with E-state index in [2.05, 4.69) is 0 Å². The van der Waals surface area contributed by atoms with Crippen molar-refractivity contribution in [3.05, 3.63) is 29.0 Å². The number of hydrogen-bond donors (Lipinski definition) is 1. The second-order valence-corrected chi connectivity index (χ2v) is 6.91. The van der Waals surface area contributed by atoms with Gasteiger partial charge in [0.2, 0.25) is 10.0 Å². The summed E-state index contributed by atoms with van der Waals surface area (Å²) in [5.74, 6) is -2.85. The Morgan fingerprint density at radius 1 is 1.50 bits per heavy atom. The SMILES string of the molecule is CC1C(C(=O)O)CCN1S(=O)(=O)c1cccc(Cl)c1F. The van der Waals surface area contributed by atoms with E-state index in [1.54, 1.807) is 0 Å². The predicted molar refractivity (Wildman–Crippen MR) is 70.5 cm³/mol. The smallest absolute Gasteiger partial charge is 0.308 e. The molecule has 0 saturated carbocycles. The Kier molecular flexibility index (Phi) is 4.04. The molecule has 110 valence electrons. The Hall–Kier alpha value is -1.18. The molecule has 1 saturated heterocycles. The van der Waals surface area contributed by atoms with E-state index in [4.69, 9.17) is 16.7 Å². The van der Waals surface area contributed by atoms with Gasteiger partial charge in [0.05, 0.1) is 10.9 Å². The molecule has 8 heteroatoms. The third-order valence-electron chi connectivity index (χ3n) is 3.52. The third kappa shape index (κ3) is 2.41. The molecule has 0 radical (unpaired) electrons. The van der Waals surface area contributed by atoms with E-state index in [0.717, 1.165) is 10.4 Å². The van der Waals surface area contributed by atoms with Gasteiger partial charge in [0.15, 0.2) is 5.82 Å². The first-order chi connectivity index (χ1) is 9.26. The van der Waals surface area contributed by atoms with E-state index < -0.39 is 38.7 Å². The van der Waals surface area contributed by atoms with Gasteiger partial charge in [-0.15, -0.1) is 0 Å². The molecule has 0 spiro atoms. The molecule has 0 bridgehead atoms. The number of carboxylic acids is 1. The van der Waals surface area contributed by atoms with Crippen LogP contribution in [0, 0.1) is 11.7 Å². The lowest BCUT2D eigenvalue weighted by Gasteiger charge is -2.23. The summed E-state index contributed by atoms with van der Waals surface area (Å²) in [7, 11) is -4.10. The summed E-state index contributed by atoms with van der Waals surface area (Å²) in [4.78, 5) is 10.5. The molecule has 0 aromatic heterocycles. The highest BCUT2D eigenvalue weighted by Gasteiger charge is 2.43. The van der Waals surface area contributed by atoms with E-state index in [1.165, 1.54) is 19.1 Å². The molecule has 1 aliphatic heterocycles. The Labute approximate surface area is 121 Å². The van der Waals surface area contributed by atoms with Crippen LogP contribution in [-0.4, -0.2) is 36.4 Å². The van der Waals surface area contributed by atoms with Gasteiger partial charge in [-0.05, 0) is 25.5 Å². The summed E-state index contributed by atoms with van der Waals surface area (Å²) in [6.45, 7) is 1.55. The van der Waals surface area contributed by atoms with Gasteiger partial charge in [-0.25, -0.2) is 12.8 Å². The summed E-state index contributed by atoms with van der Waals surface area (Å²) in [5.41, 5.74) is 0. The molecule has 1 aromatic rings. The van der Waals surface area contributed by atoms with E-state index >= 15 is 0 Å². The van der Waals surface area contributed by atoms with Crippen LogP contribution in [0.25, 0.3) is 0 Å². The number of rotatable bonds is 3. The van der Waals surface area contributed by atoms with Gasteiger partial charge in [0, 0.05) is 12.6 Å². The van der Waals surface area contributed by atoms with Crippen molar-refractivity contribution >= 4 is 27.6 Å². The minimum absolute atomic E-state index is 0.0480. The molecule has 1 fully saturated rings. The van der Waals surface area contributed by atoms with Gasteiger partial charge in [0.25, 0.3) is 0 Å². The summed E-state index contributed by atoms with van der Waals surface area (Å²) < 4.78 is 39.7. The first kappa shape index (κ1) is 15.2.